The first-order chi connectivity index (χ1) is 7.74. The Bertz CT molecular complexity index is 150. The minimum Gasteiger partial charge on any atom is -0.392 e. The third-order valence-corrected chi connectivity index (χ3v) is 5.96. The van der Waals surface area contributed by atoms with Crippen LogP contribution in [0, 0.1) is 0 Å². The highest BCUT2D eigenvalue weighted by atomic mass is 28.4. The molecule has 6 heteroatoms. The zero-order valence-electron chi connectivity index (χ0n) is 10.7. The van der Waals surface area contributed by atoms with Crippen molar-refractivity contribution in [1.82, 2.24) is 0 Å². The number of hydrogen-bond donors (Lipinski definition) is 1. The first-order valence-corrected chi connectivity index (χ1v) is 7.93. The van der Waals surface area contributed by atoms with E-state index in [4.69, 9.17) is 24.1 Å². The lowest BCUT2D eigenvalue weighted by Crippen LogP contribution is -2.44. The Balaban J connectivity index is 4.09. The zero-order chi connectivity index (χ0) is 12.3. The maximum Gasteiger partial charge on any atom is 0.339 e. The van der Waals surface area contributed by atoms with Crippen LogP contribution in [0.25, 0.3) is 0 Å². The molecule has 0 fully saturated rings. The molecule has 0 atom stereocenters. The quantitative estimate of drug-likeness (QED) is 0.433. The van der Waals surface area contributed by atoms with E-state index >= 15 is 0 Å². The van der Waals surface area contributed by atoms with Crippen LogP contribution in [0.15, 0.2) is 0 Å². The van der Waals surface area contributed by atoms with E-state index in [0.29, 0.717) is 33.0 Å². The van der Waals surface area contributed by atoms with Gasteiger partial charge in [0.15, 0.2) is 0 Å². The molecule has 5 nitrogen and oxygen atoms in total. The maximum absolute atomic E-state index is 5.86. The van der Waals surface area contributed by atoms with E-state index in [1.807, 2.05) is 0 Å². The van der Waals surface area contributed by atoms with Crippen molar-refractivity contribution >= 4 is 8.56 Å². The van der Waals surface area contributed by atoms with Crippen LogP contribution in [0.1, 0.15) is 6.92 Å². The van der Waals surface area contributed by atoms with Gasteiger partial charge >= 0.3 is 8.56 Å². The molecule has 0 aromatic rings. The van der Waals surface area contributed by atoms with Crippen molar-refractivity contribution in [2.45, 2.75) is 19.0 Å². The van der Waals surface area contributed by atoms with Gasteiger partial charge < -0.3 is 24.1 Å². The fourth-order valence-electron chi connectivity index (χ4n) is 1.41. The van der Waals surface area contributed by atoms with Gasteiger partial charge in [-0.2, -0.15) is 0 Å². The van der Waals surface area contributed by atoms with Crippen molar-refractivity contribution in [2.75, 3.05) is 47.2 Å². The van der Waals surface area contributed by atoms with E-state index in [0.717, 1.165) is 12.1 Å². The molecule has 0 aromatic carbocycles. The molecular weight excluding hydrogens is 226 g/mol. The van der Waals surface area contributed by atoms with Crippen molar-refractivity contribution in [2.24, 2.45) is 5.73 Å². The SMILES string of the molecule is CC[Si](CCN)(OCCOC)OCCOC. The van der Waals surface area contributed by atoms with Gasteiger partial charge in [-0.05, 0) is 12.6 Å². The topological polar surface area (TPSA) is 62.9 Å². The molecule has 0 saturated carbocycles. The fraction of sp³-hybridized carbons (Fsp3) is 1.00. The molecule has 0 spiro atoms. The molecule has 0 rings (SSSR count). The first-order valence-electron chi connectivity index (χ1n) is 5.70. The summed E-state index contributed by atoms with van der Waals surface area (Å²) in [6.07, 6.45) is 0. The molecule has 0 aliphatic heterocycles. The predicted molar refractivity (Wildman–Crippen MR) is 65.8 cm³/mol. The number of nitrogens with two attached hydrogens (primary N) is 1. The Hall–Kier alpha value is 0.0169. The fourth-order valence-corrected chi connectivity index (χ4v) is 3.89. The molecule has 98 valence electrons. The van der Waals surface area contributed by atoms with Gasteiger partial charge in [0.25, 0.3) is 0 Å². The predicted octanol–water partition coefficient (Wildman–Crippen LogP) is 0.733. The molecule has 0 unspecified atom stereocenters. The van der Waals surface area contributed by atoms with E-state index in [2.05, 4.69) is 6.92 Å². The van der Waals surface area contributed by atoms with Gasteiger partial charge in [-0.25, -0.2) is 0 Å². The lowest BCUT2D eigenvalue weighted by Gasteiger charge is -2.29. The van der Waals surface area contributed by atoms with Crippen molar-refractivity contribution < 1.29 is 18.3 Å². The van der Waals surface area contributed by atoms with Gasteiger partial charge in [-0.3, -0.25) is 0 Å². The van der Waals surface area contributed by atoms with Gasteiger partial charge in [0, 0.05) is 20.3 Å². The summed E-state index contributed by atoms with van der Waals surface area (Å²) in [6, 6.07) is 1.72. The Morgan fingerprint density at radius 2 is 1.44 bits per heavy atom. The van der Waals surface area contributed by atoms with Crippen LogP contribution in [0.2, 0.25) is 12.1 Å². The molecule has 0 bridgehead atoms. The van der Waals surface area contributed by atoms with Crippen LogP contribution in [0.3, 0.4) is 0 Å². The van der Waals surface area contributed by atoms with E-state index in [1.54, 1.807) is 14.2 Å². The summed E-state index contributed by atoms with van der Waals surface area (Å²) in [4.78, 5) is 0. The summed E-state index contributed by atoms with van der Waals surface area (Å²) in [5, 5.41) is 0. The third-order valence-electron chi connectivity index (χ3n) is 2.37. The molecule has 0 aliphatic carbocycles. The van der Waals surface area contributed by atoms with Gasteiger partial charge in [0.2, 0.25) is 0 Å². The van der Waals surface area contributed by atoms with Gasteiger partial charge in [0.1, 0.15) is 0 Å². The molecule has 0 radical (unpaired) electrons. The van der Waals surface area contributed by atoms with E-state index in [-0.39, 0.29) is 0 Å². The number of methoxy groups -OCH3 is 2. The van der Waals surface area contributed by atoms with E-state index in [1.165, 1.54) is 0 Å². The minimum absolute atomic E-state index is 0.573. The monoisotopic (exact) mass is 251 g/mol. The van der Waals surface area contributed by atoms with Crippen molar-refractivity contribution in [1.29, 1.82) is 0 Å². The summed E-state index contributed by atoms with van der Waals surface area (Å²) >= 11 is 0. The zero-order valence-corrected chi connectivity index (χ0v) is 11.7. The second-order valence-electron chi connectivity index (χ2n) is 3.49. The largest absolute Gasteiger partial charge is 0.392 e. The Morgan fingerprint density at radius 1 is 0.938 bits per heavy atom. The lowest BCUT2D eigenvalue weighted by atomic mass is 10.8. The van der Waals surface area contributed by atoms with Crippen LogP contribution in [-0.4, -0.2) is 55.8 Å². The van der Waals surface area contributed by atoms with Crippen LogP contribution in [-0.2, 0) is 18.3 Å². The Morgan fingerprint density at radius 3 is 1.75 bits per heavy atom. The number of hydrogen-bond acceptors (Lipinski definition) is 5. The molecule has 0 saturated heterocycles. The highest BCUT2D eigenvalue weighted by molar-refractivity contribution is 6.67. The minimum atomic E-state index is -2.13. The van der Waals surface area contributed by atoms with E-state index in [9.17, 15) is 0 Å². The lowest BCUT2D eigenvalue weighted by molar-refractivity contribution is 0.0863. The van der Waals surface area contributed by atoms with Crippen molar-refractivity contribution in [3.8, 4) is 0 Å². The van der Waals surface area contributed by atoms with Gasteiger partial charge in [-0.1, -0.05) is 6.92 Å². The van der Waals surface area contributed by atoms with Crippen LogP contribution < -0.4 is 5.73 Å². The standard InChI is InChI=1S/C10H25NO4Si/c1-4-16(10-5-11,14-8-6-12-2)15-9-7-13-3/h4-11H2,1-3H3. The molecule has 0 heterocycles. The molecule has 2 N–H and O–H groups in total. The Kier molecular flexibility index (Phi) is 10.2. The second kappa shape index (κ2) is 10.2. The third kappa shape index (κ3) is 6.57. The first kappa shape index (κ1) is 16.0. The molecule has 16 heavy (non-hydrogen) atoms. The second-order valence-corrected chi connectivity index (χ2v) is 7.09. The average molecular weight is 251 g/mol. The summed E-state index contributed by atoms with van der Waals surface area (Å²) in [5.41, 5.74) is 5.61. The van der Waals surface area contributed by atoms with Gasteiger partial charge in [0.05, 0.1) is 26.4 Å². The summed E-state index contributed by atoms with van der Waals surface area (Å²) < 4.78 is 21.7. The summed E-state index contributed by atoms with van der Waals surface area (Å²) in [5.74, 6) is 0. The van der Waals surface area contributed by atoms with Crippen LogP contribution >= 0.6 is 0 Å². The molecule has 0 aromatic heterocycles. The summed E-state index contributed by atoms with van der Waals surface area (Å²) in [7, 11) is 1.19. The van der Waals surface area contributed by atoms with Crippen LogP contribution in [0.4, 0.5) is 0 Å². The molecular formula is C10H25NO4Si. The van der Waals surface area contributed by atoms with E-state index < -0.39 is 8.56 Å². The van der Waals surface area contributed by atoms with Crippen molar-refractivity contribution in [3.05, 3.63) is 0 Å². The normalized spacial score (nSPS) is 12.0. The molecule has 0 aliphatic rings. The average Bonchev–Trinajstić information content (AvgIpc) is 2.29. The maximum atomic E-state index is 5.86. The van der Waals surface area contributed by atoms with Crippen molar-refractivity contribution in [3.63, 3.8) is 0 Å². The Labute approximate surface area is 99.4 Å². The van der Waals surface area contributed by atoms with Gasteiger partial charge in [-0.15, -0.1) is 0 Å². The number of rotatable bonds is 11. The number of ether oxygens (including phenoxy) is 2. The van der Waals surface area contributed by atoms with Crippen LogP contribution in [0.5, 0.6) is 0 Å². The highest BCUT2D eigenvalue weighted by Crippen LogP contribution is 2.18. The summed E-state index contributed by atoms with van der Waals surface area (Å²) in [6.45, 7) is 5.01. The molecule has 0 amide bonds. The smallest absolute Gasteiger partial charge is 0.339 e. The highest BCUT2D eigenvalue weighted by Gasteiger charge is 2.34.